The summed E-state index contributed by atoms with van der Waals surface area (Å²) in [7, 11) is 0. The Kier molecular flexibility index (Phi) is 18.4. The number of carbonyl (C=O) groups is 1. The highest BCUT2D eigenvalue weighted by Crippen LogP contribution is 2.14. The molecular weight excluding hydrogens is 268 g/mol. The zero-order chi connectivity index (χ0) is 16.3. The Morgan fingerprint density at radius 1 is 0.591 bits per heavy atom. The summed E-state index contributed by atoms with van der Waals surface area (Å²) in [5.74, 6) is 0.311. The molecule has 0 saturated heterocycles. The first-order valence-electron chi connectivity index (χ1n) is 10.2. The maximum absolute atomic E-state index is 11.1. The minimum absolute atomic E-state index is 0.311. The van der Waals surface area contributed by atoms with Crippen LogP contribution in [0.5, 0.6) is 0 Å². The molecule has 0 aromatic carbocycles. The first kappa shape index (κ1) is 21.7. The molecule has 0 aromatic rings. The van der Waals surface area contributed by atoms with Gasteiger partial charge in [-0.1, -0.05) is 110 Å². The van der Waals surface area contributed by atoms with Crippen molar-refractivity contribution in [2.75, 3.05) is 0 Å². The van der Waals surface area contributed by atoms with Crippen LogP contribution in [0.4, 0.5) is 0 Å². The molecule has 0 bridgehead atoms. The predicted molar refractivity (Wildman–Crippen MR) is 99.1 cm³/mol. The molecule has 0 aliphatic rings. The van der Waals surface area contributed by atoms with Crippen molar-refractivity contribution < 1.29 is 4.79 Å². The molecule has 0 aliphatic heterocycles. The van der Waals surface area contributed by atoms with E-state index in [1.165, 1.54) is 96.3 Å². The van der Waals surface area contributed by atoms with E-state index in [0.717, 1.165) is 6.42 Å². The molecule has 0 aliphatic carbocycles. The maximum Gasteiger partial charge on any atom is 0.136 e. The van der Waals surface area contributed by atoms with Gasteiger partial charge in [-0.2, -0.15) is 0 Å². The van der Waals surface area contributed by atoms with Crippen molar-refractivity contribution in [2.45, 2.75) is 123 Å². The smallest absolute Gasteiger partial charge is 0.136 e. The fourth-order valence-corrected chi connectivity index (χ4v) is 2.92. The number of Topliss-reactive ketones (excluding diaryl/α,β-unsaturated/α-hetero) is 1. The van der Waals surface area contributed by atoms with Crippen molar-refractivity contribution in [1.29, 1.82) is 0 Å². The minimum atomic E-state index is 0.311. The standard InChI is InChI=1S/C21H41O/c1-3-5-6-7-8-9-10-11-12-13-14-15-16-17-18-19-20-21(22)4-2/h20H,3-19H2,1-2H3. The fourth-order valence-electron chi connectivity index (χ4n) is 2.92. The summed E-state index contributed by atoms with van der Waals surface area (Å²) in [5, 5.41) is 0. The average molecular weight is 310 g/mol. The summed E-state index contributed by atoms with van der Waals surface area (Å²) in [6.07, 6.45) is 24.5. The third-order valence-corrected chi connectivity index (χ3v) is 4.53. The molecule has 22 heavy (non-hydrogen) atoms. The Bertz CT molecular complexity index is 222. The summed E-state index contributed by atoms with van der Waals surface area (Å²) in [5.41, 5.74) is 0. The number of hydrogen-bond acceptors (Lipinski definition) is 1. The van der Waals surface area contributed by atoms with Crippen molar-refractivity contribution in [2.24, 2.45) is 0 Å². The van der Waals surface area contributed by atoms with Crippen molar-refractivity contribution in [3.8, 4) is 0 Å². The SMILES string of the molecule is CCCCCCCCCCCCCCCCC[CH]C(=O)CC. The van der Waals surface area contributed by atoms with E-state index >= 15 is 0 Å². The lowest BCUT2D eigenvalue weighted by Crippen LogP contribution is -1.95. The summed E-state index contributed by atoms with van der Waals surface area (Å²) in [4.78, 5) is 11.1. The van der Waals surface area contributed by atoms with Crippen LogP contribution in [-0.2, 0) is 4.79 Å². The number of ketones is 1. The summed E-state index contributed by atoms with van der Waals surface area (Å²) in [6.45, 7) is 4.22. The molecule has 0 unspecified atom stereocenters. The Morgan fingerprint density at radius 3 is 1.32 bits per heavy atom. The molecule has 0 saturated carbocycles. The number of rotatable bonds is 18. The van der Waals surface area contributed by atoms with Gasteiger partial charge in [-0.25, -0.2) is 0 Å². The third-order valence-electron chi connectivity index (χ3n) is 4.53. The second-order valence-corrected chi connectivity index (χ2v) is 6.76. The van der Waals surface area contributed by atoms with Crippen LogP contribution in [0.25, 0.3) is 0 Å². The lowest BCUT2D eigenvalue weighted by Gasteiger charge is -2.03. The molecule has 0 rings (SSSR count). The molecule has 1 nitrogen and oxygen atoms in total. The van der Waals surface area contributed by atoms with Crippen LogP contribution >= 0.6 is 0 Å². The van der Waals surface area contributed by atoms with E-state index in [4.69, 9.17) is 0 Å². The van der Waals surface area contributed by atoms with E-state index in [1.54, 1.807) is 0 Å². The third kappa shape index (κ3) is 17.7. The predicted octanol–water partition coefficient (Wildman–Crippen LogP) is 7.43. The van der Waals surface area contributed by atoms with E-state index < -0.39 is 0 Å². The largest absolute Gasteiger partial charge is 0.299 e. The highest BCUT2D eigenvalue weighted by molar-refractivity contribution is 5.86. The normalized spacial score (nSPS) is 11.0. The lowest BCUT2D eigenvalue weighted by atomic mass is 10.0. The van der Waals surface area contributed by atoms with E-state index in [0.29, 0.717) is 12.2 Å². The van der Waals surface area contributed by atoms with E-state index in [-0.39, 0.29) is 0 Å². The van der Waals surface area contributed by atoms with Gasteiger partial charge < -0.3 is 0 Å². The highest BCUT2D eigenvalue weighted by atomic mass is 16.1. The molecule has 1 heteroatoms. The Labute approximate surface area is 140 Å². The molecule has 1 radical (unpaired) electrons. The van der Waals surface area contributed by atoms with Crippen LogP contribution in [0.2, 0.25) is 0 Å². The second-order valence-electron chi connectivity index (χ2n) is 6.76. The number of hydrogen-bond donors (Lipinski definition) is 0. The summed E-state index contributed by atoms with van der Waals surface area (Å²) >= 11 is 0. The first-order valence-corrected chi connectivity index (χ1v) is 10.2. The molecule has 0 fully saturated rings. The molecule has 0 aromatic heterocycles. The van der Waals surface area contributed by atoms with Crippen LogP contribution in [0, 0.1) is 6.42 Å². The molecule has 0 atom stereocenters. The second kappa shape index (κ2) is 18.7. The van der Waals surface area contributed by atoms with Gasteiger partial charge >= 0.3 is 0 Å². The Morgan fingerprint density at radius 2 is 0.955 bits per heavy atom. The van der Waals surface area contributed by atoms with E-state index in [9.17, 15) is 4.79 Å². The maximum atomic E-state index is 11.1. The zero-order valence-electron chi connectivity index (χ0n) is 15.5. The molecule has 0 amide bonds. The van der Waals surface area contributed by atoms with Crippen LogP contribution in [0.15, 0.2) is 0 Å². The average Bonchev–Trinajstić information content (AvgIpc) is 2.54. The zero-order valence-corrected chi connectivity index (χ0v) is 15.5. The molecular formula is C21H41O. The van der Waals surface area contributed by atoms with Gasteiger partial charge in [0.2, 0.25) is 0 Å². The first-order chi connectivity index (χ1) is 10.8. The Balaban J connectivity index is 2.98. The van der Waals surface area contributed by atoms with Crippen LogP contribution in [0.3, 0.4) is 0 Å². The van der Waals surface area contributed by atoms with Gasteiger partial charge in [-0.15, -0.1) is 0 Å². The van der Waals surface area contributed by atoms with Gasteiger partial charge in [0.25, 0.3) is 0 Å². The summed E-state index contributed by atoms with van der Waals surface area (Å²) < 4.78 is 0. The number of unbranched alkanes of at least 4 members (excludes halogenated alkanes) is 15. The van der Waals surface area contributed by atoms with Crippen molar-refractivity contribution >= 4 is 5.78 Å². The van der Waals surface area contributed by atoms with Crippen LogP contribution < -0.4 is 0 Å². The van der Waals surface area contributed by atoms with Gasteiger partial charge in [0.05, 0.1) is 0 Å². The van der Waals surface area contributed by atoms with E-state index in [1.807, 2.05) is 13.3 Å². The highest BCUT2D eigenvalue weighted by Gasteiger charge is 1.98. The van der Waals surface area contributed by atoms with Gasteiger partial charge in [0.15, 0.2) is 0 Å². The fraction of sp³-hybridized carbons (Fsp3) is 0.905. The van der Waals surface area contributed by atoms with Gasteiger partial charge in [-0.3, -0.25) is 4.79 Å². The van der Waals surface area contributed by atoms with Gasteiger partial charge in [-0.05, 0) is 6.42 Å². The van der Waals surface area contributed by atoms with Crippen LogP contribution in [-0.4, -0.2) is 5.78 Å². The molecule has 0 spiro atoms. The van der Waals surface area contributed by atoms with Crippen molar-refractivity contribution in [1.82, 2.24) is 0 Å². The molecule has 131 valence electrons. The van der Waals surface area contributed by atoms with Crippen molar-refractivity contribution in [3.05, 3.63) is 6.42 Å². The molecule has 0 N–H and O–H groups in total. The number of carbonyl (C=O) groups excluding carboxylic acids is 1. The van der Waals surface area contributed by atoms with Crippen LogP contribution in [0.1, 0.15) is 123 Å². The van der Waals surface area contributed by atoms with Crippen molar-refractivity contribution in [3.63, 3.8) is 0 Å². The van der Waals surface area contributed by atoms with Gasteiger partial charge in [0, 0.05) is 12.8 Å². The lowest BCUT2D eigenvalue weighted by molar-refractivity contribution is -0.115. The monoisotopic (exact) mass is 309 g/mol. The summed E-state index contributed by atoms with van der Waals surface area (Å²) in [6, 6.07) is 0. The van der Waals surface area contributed by atoms with E-state index in [2.05, 4.69) is 6.92 Å². The quantitative estimate of drug-likeness (QED) is 0.240. The minimum Gasteiger partial charge on any atom is -0.299 e. The van der Waals surface area contributed by atoms with Gasteiger partial charge in [0.1, 0.15) is 5.78 Å². The molecule has 0 heterocycles. The topological polar surface area (TPSA) is 17.1 Å². The Hall–Kier alpha value is -0.330.